The Bertz CT molecular complexity index is 30.0. The van der Waals surface area contributed by atoms with Gasteiger partial charge in [0.1, 0.15) is 0 Å². The smallest absolute Gasteiger partial charge is 0 e. The fraction of sp³-hybridized carbons (Fsp3) is 1.00. The fourth-order valence-corrected chi connectivity index (χ4v) is 0.671. The largest absolute Gasteiger partial charge is 0.304 e. The van der Waals surface area contributed by atoms with Gasteiger partial charge in [0.15, 0.2) is 0 Å². The molecule has 0 aliphatic carbocycles. The first-order chi connectivity index (χ1) is 3.35. The van der Waals surface area contributed by atoms with Crippen molar-refractivity contribution in [2.75, 3.05) is 19.6 Å². The van der Waals surface area contributed by atoms with E-state index in [0.717, 1.165) is 0 Å². The van der Waals surface area contributed by atoms with Gasteiger partial charge in [0.05, 0.1) is 0 Å². The summed E-state index contributed by atoms with van der Waals surface area (Å²) in [5.74, 6) is 0. The van der Waals surface area contributed by atoms with E-state index in [9.17, 15) is 0 Å². The normalized spacial score (nSPS) is 9.00. The van der Waals surface area contributed by atoms with E-state index < -0.39 is 0 Å². The quantitative estimate of drug-likeness (QED) is 0.507. The van der Waals surface area contributed by atoms with Crippen molar-refractivity contribution in [3.63, 3.8) is 0 Å². The molecule has 0 aliphatic rings. The van der Waals surface area contributed by atoms with Gasteiger partial charge in [0, 0.05) is 29.6 Å². The summed E-state index contributed by atoms with van der Waals surface area (Å²) in [6.07, 6.45) is 0. The summed E-state index contributed by atoms with van der Waals surface area (Å²) in [5.41, 5.74) is 0. The predicted octanol–water partition coefficient (Wildman–Crippen LogP) is 0.967. The second-order valence-corrected chi connectivity index (χ2v) is 1.62. The Labute approximate surface area is 74.7 Å². The zero-order chi connectivity index (χ0) is 5.70. The second-order valence-electron chi connectivity index (χ2n) is 1.62. The molecule has 0 rings (SSSR count). The van der Waals surface area contributed by atoms with E-state index in [1.165, 1.54) is 19.6 Å². The minimum absolute atomic E-state index is 0. The van der Waals surface area contributed by atoms with Crippen LogP contribution >= 0.6 is 0 Å². The molecule has 0 aromatic rings. The van der Waals surface area contributed by atoms with Crippen molar-refractivity contribution >= 4 is 29.6 Å². The molecule has 0 heterocycles. The van der Waals surface area contributed by atoms with E-state index in [2.05, 4.69) is 25.7 Å². The fourth-order valence-electron chi connectivity index (χ4n) is 0.671. The zero-order valence-electron chi connectivity index (χ0n) is 6.57. The number of hydrogen-bond acceptors (Lipinski definition) is 1. The average Bonchev–Trinajstić information content (AvgIpc) is 1.72. The molecule has 0 spiro atoms. The van der Waals surface area contributed by atoms with Gasteiger partial charge >= 0.3 is 0 Å². The molecule has 0 N–H and O–H groups in total. The van der Waals surface area contributed by atoms with Gasteiger partial charge in [-0.15, -0.1) is 0 Å². The van der Waals surface area contributed by atoms with Gasteiger partial charge < -0.3 is 4.90 Å². The topological polar surface area (TPSA) is 3.24 Å². The molecular formula is C6H15NNa. The van der Waals surface area contributed by atoms with Crippen LogP contribution in [0.3, 0.4) is 0 Å². The van der Waals surface area contributed by atoms with Crippen LogP contribution < -0.4 is 0 Å². The van der Waals surface area contributed by atoms with E-state index in [1.54, 1.807) is 0 Å². The molecule has 45 valence electrons. The van der Waals surface area contributed by atoms with Gasteiger partial charge in [-0.05, 0) is 19.6 Å². The van der Waals surface area contributed by atoms with Crippen LogP contribution in [0.2, 0.25) is 0 Å². The van der Waals surface area contributed by atoms with Crippen molar-refractivity contribution in [1.29, 1.82) is 0 Å². The zero-order valence-corrected chi connectivity index (χ0v) is 8.57. The maximum Gasteiger partial charge on any atom is 0 e. The molecular weight excluding hydrogens is 109 g/mol. The van der Waals surface area contributed by atoms with Crippen molar-refractivity contribution in [2.45, 2.75) is 20.8 Å². The Morgan fingerprint density at radius 2 is 1.12 bits per heavy atom. The minimum Gasteiger partial charge on any atom is -0.304 e. The Hall–Kier alpha value is 0.960. The third-order valence-corrected chi connectivity index (χ3v) is 1.34. The van der Waals surface area contributed by atoms with Crippen LogP contribution in [0.25, 0.3) is 0 Å². The summed E-state index contributed by atoms with van der Waals surface area (Å²) < 4.78 is 0. The van der Waals surface area contributed by atoms with Crippen LogP contribution in [0, 0.1) is 0 Å². The molecule has 0 atom stereocenters. The standard InChI is InChI=1S/C6H15N.Na/c1-4-7(5-2)6-3;/h4-6H2,1-3H3;. The van der Waals surface area contributed by atoms with Crippen LogP contribution in [0.5, 0.6) is 0 Å². The predicted molar refractivity (Wildman–Crippen MR) is 39.2 cm³/mol. The third-order valence-electron chi connectivity index (χ3n) is 1.34. The SMILES string of the molecule is CCN(CC)CC.[Na]. The third kappa shape index (κ3) is 5.10. The van der Waals surface area contributed by atoms with Gasteiger partial charge in [-0.25, -0.2) is 0 Å². The van der Waals surface area contributed by atoms with Crippen LogP contribution in [0.4, 0.5) is 0 Å². The first-order valence-corrected chi connectivity index (χ1v) is 3.07. The molecule has 0 fully saturated rings. The molecule has 1 nitrogen and oxygen atoms in total. The van der Waals surface area contributed by atoms with Crippen LogP contribution in [-0.2, 0) is 0 Å². The average molecular weight is 124 g/mol. The van der Waals surface area contributed by atoms with Crippen molar-refractivity contribution in [3.05, 3.63) is 0 Å². The van der Waals surface area contributed by atoms with Gasteiger partial charge in [-0.3, -0.25) is 0 Å². The first kappa shape index (κ1) is 11.7. The molecule has 2 heteroatoms. The Balaban J connectivity index is 0. The molecule has 0 amide bonds. The molecule has 0 aliphatic heterocycles. The molecule has 0 saturated carbocycles. The molecule has 0 aromatic carbocycles. The molecule has 8 heavy (non-hydrogen) atoms. The molecule has 0 unspecified atom stereocenters. The molecule has 0 bridgehead atoms. The summed E-state index contributed by atoms with van der Waals surface area (Å²) in [6.45, 7) is 10.1. The number of rotatable bonds is 3. The summed E-state index contributed by atoms with van der Waals surface area (Å²) in [7, 11) is 0. The Morgan fingerprint density at radius 3 is 1.12 bits per heavy atom. The maximum atomic E-state index is 2.38. The van der Waals surface area contributed by atoms with E-state index in [0.29, 0.717) is 0 Å². The van der Waals surface area contributed by atoms with E-state index >= 15 is 0 Å². The van der Waals surface area contributed by atoms with Gasteiger partial charge in [-0.2, -0.15) is 0 Å². The van der Waals surface area contributed by atoms with Gasteiger partial charge in [0.25, 0.3) is 0 Å². The van der Waals surface area contributed by atoms with Crippen molar-refractivity contribution in [3.8, 4) is 0 Å². The number of hydrogen-bond donors (Lipinski definition) is 0. The summed E-state index contributed by atoms with van der Waals surface area (Å²) >= 11 is 0. The molecule has 0 aromatic heterocycles. The van der Waals surface area contributed by atoms with Crippen molar-refractivity contribution < 1.29 is 0 Å². The van der Waals surface area contributed by atoms with E-state index in [4.69, 9.17) is 0 Å². The summed E-state index contributed by atoms with van der Waals surface area (Å²) in [4.78, 5) is 2.38. The van der Waals surface area contributed by atoms with Crippen LogP contribution in [-0.4, -0.2) is 54.1 Å². The minimum atomic E-state index is 0. The van der Waals surface area contributed by atoms with Gasteiger partial charge in [0.2, 0.25) is 0 Å². The first-order valence-electron chi connectivity index (χ1n) is 3.07. The molecule has 1 radical (unpaired) electrons. The van der Waals surface area contributed by atoms with Crippen LogP contribution in [0.1, 0.15) is 20.8 Å². The van der Waals surface area contributed by atoms with Crippen molar-refractivity contribution in [2.24, 2.45) is 0 Å². The second kappa shape index (κ2) is 7.96. The maximum absolute atomic E-state index is 2.38. The van der Waals surface area contributed by atoms with E-state index in [-0.39, 0.29) is 29.6 Å². The molecule has 0 saturated heterocycles. The summed E-state index contributed by atoms with van der Waals surface area (Å²) in [5, 5.41) is 0. The monoisotopic (exact) mass is 124 g/mol. The Kier molecular flexibility index (Phi) is 11.7. The van der Waals surface area contributed by atoms with Gasteiger partial charge in [-0.1, -0.05) is 20.8 Å². The van der Waals surface area contributed by atoms with Crippen LogP contribution in [0.15, 0.2) is 0 Å². The van der Waals surface area contributed by atoms with Crippen molar-refractivity contribution in [1.82, 2.24) is 4.90 Å². The Morgan fingerprint density at radius 1 is 0.875 bits per heavy atom. The number of nitrogens with zero attached hydrogens (tertiary/aromatic N) is 1. The summed E-state index contributed by atoms with van der Waals surface area (Å²) in [6, 6.07) is 0. The van der Waals surface area contributed by atoms with E-state index in [1.807, 2.05) is 0 Å².